The van der Waals surface area contributed by atoms with Crippen LogP contribution in [-0.4, -0.2) is 18.1 Å². The van der Waals surface area contributed by atoms with E-state index in [9.17, 15) is 4.79 Å². The molecule has 4 heteroatoms. The summed E-state index contributed by atoms with van der Waals surface area (Å²) in [5.74, 6) is 0.841. The Balaban J connectivity index is 2.68. The topological polar surface area (TPSA) is 38.3 Å². The van der Waals surface area contributed by atoms with Gasteiger partial charge in [0.15, 0.2) is 6.10 Å². The maximum absolute atomic E-state index is 12.1. The zero-order valence-corrected chi connectivity index (χ0v) is 12.7. The van der Waals surface area contributed by atoms with Gasteiger partial charge >= 0.3 is 0 Å². The van der Waals surface area contributed by atoms with Gasteiger partial charge in [0.2, 0.25) is 0 Å². The highest BCUT2D eigenvalue weighted by Gasteiger charge is 2.21. The highest BCUT2D eigenvalue weighted by Crippen LogP contribution is 2.24. The molecule has 0 fully saturated rings. The largest absolute Gasteiger partial charge is 0.479 e. The van der Waals surface area contributed by atoms with Crippen LogP contribution in [0, 0.1) is 5.92 Å². The molecule has 0 aliphatic carbocycles. The number of rotatable bonds is 6. The predicted molar refractivity (Wildman–Crippen MR) is 78.6 cm³/mol. The molecule has 0 aromatic heterocycles. The molecule has 0 heterocycles. The van der Waals surface area contributed by atoms with E-state index in [4.69, 9.17) is 16.3 Å². The molecule has 0 radical (unpaired) electrons. The fourth-order valence-corrected chi connectivity index (χ4v) is 1.68. The molecule has 1 N–H and O–H groups in total. The van der Waals surface area contributed by atoms with Gasteiger partial charge in [-0.3, -0.25) is 4.79 Å². The number of halogens is 1. The molecule has 1 aromatic carbocycles. The van der Waals surface area contributed by atoms with Crippen LogP contribution in [0.4, 0.5) is 0 Å². The summed E-state index contributed by atoms with van der Waals surface area (Å²) in [5, 5.41) is 3.48. The SMILES string of the molecule is CCC(Oc1ccccc1Cl)C(=O)NC(C)C(C)C. The minimum Gasteiger partial charge on any atom is -0.479 e. The molecule has 1 rings (SSSR count). The van der Waals surface area contributed by atoms with E-state index in [1.807, 2.05) is 26.0 Å². The van der Waals surface area contributed by atoms with E-state index >= 15 is 0 Å². The summed E-state index contributed by atoms with van der Waals surface area (Å²) in [6, 6.07) is 7.30. The van der Waals surface area contributed by atoms with Crippen LogP contribution < -0.4 is 10.1 Å². The number of benzene rings is 1. The van der Waals surface area contributed by atoms with Crippen molar-refractivity contribution in [2.45, 2.75) is 46.3 Å². The van der Waals surface area contributed by atoms with Crippen molar-refractivity contribution < 1.29 is 9.53 Å². The summed E-state index contributed by atoms with van der Waals surface area (Å²) >= 11 is 6.03. The average Bonchev–Trinajstić information content (AvgIpc) is 2.37. The molecule has 106 valence electrons. The van der Waals surface area contributed by atoms with Crippen LogP contribution in [0.2, 0.25) is 5.02 Å². The number of hydrogen-bond donors (Lipinski definition) is 1. The lowest BCUT2D eigenvalue weighted by Gasteiger charge is -2.22. The second-order valence-corrected chi connectivity index (χ2v) is 5.39. The summed E-state index contributed by atoms with van der Waals surface area (Å²) in [6.07, 6.45) is 0.0862. The lowest BCUT2D eigenvalue weighted by molar-refractivity contribution is -0.129. The fourth-order valence-electron chi connectivity index (χ4n) is 1.50. The molecule has 0 saturated carbocycles. The summed E-state index contributed by atoms with van der Waals surface area (Å²) in [5.41, 5.74) is 0. The Morgan fingerprint density at radius 1 is 1.32 bits per heavy atom. The van der Waals surface area contributed by atoms with Crippen molar-refractivity contribution in [3.05, 3.63) is 29.3 Å². The van der Waals surface area contributed by atoms with Gasteiger partial charge in [-0.1, -0.05) is 44.5 Å². The van der Waals surface area contributed by atoms with Crippen molar-refractivity contribution in [1.82, 2.24) is 5.32 Å². The van der Waals surface area contributed by atoms with Gasteiger partial charge in [-0.2, -0.15) is 0 Å². The van der Waals surface area contributed by atoms with E-state index in [-0.39, 0.29) is 11.9 Å². The molecule has 1 aromatic rings. The predicted octanol–water partition coefficient (Wildman–Crippen LogP) is 3.66. The number of ether oxygens (including phenoxy) is 1. The molecule has 3 nitrogen and oxygen atoms in total. The second-order valence-electron chi connectivity index (χ2n) is 4.99. The van der Waals surface area contributed by atoms with Crippen molar-refractivity contribution in [3.8, 4) is 5.75 Å². The van der Waals surface area contributed by atoms with Gasteiger partial charge < -0.3 is 10.1 Å². The highest BCUT2D eigenvalue weighted by atomic mass is 35.5. The Kier molecular flexibility index (Phi) is 6.16. The highest BCUT2D eigenvalue weighted by molar-refractivity contribution is 6.32. The average molecular weight is 284 g/mol. The third kappa shape index (κ3) is 4.75. The normalized spacial score (nSPS) is 14.0. The first kappa shape index (κ1) is 15.8. The zero-order chi connectivity index (χ0) is 14.4. The molecular formula is C15H22ClNO2. The van der Waals surface area contributed by atoms with E-state index in [2.05, 4.69) is 19.2 Å². The van der Waals surface area contributed by atoms with Crippen LogP contribution in [0.1, 0.15) is 34.1 Å². The number of carbonyl (C=O) groups excluding carboxylic acids is 1. The fraction of sp³-hybridized carbons (Fsp3) is 0.533. The first-order valence-electron chi connectivity index (χ1n) is 6.67. The van der Waals surface area contributed by atoms with Crippen LogP contribution >= 0.6 is 11.6 Å². The number of para-hydroxylation sites is 1. The third-order valence-corrected chi connectivity index (χ3v) is 3.45. The maximum Gasteiger partial charge on any atom is 0.261 e. The van der Waals surface area contributed by atoms with Gasteiger partial charge in [0, 0.05) is 6.04 Å². The van der Waals surface area contributed by atoms with E-state index in [0.717, 1.165) is 0 Å². The minimum atomic E-state index is -0.513. The van der Waals surface area contributed by atoms with Crippen LogP contribution in [0.25, 0.3) is 0 Å². The number of amides is 1. The second kappa shape index (κ2) is 7.39. The van der Waals surface area contributed by atoms with Gasteiger partial charge in [0.25, 0.3) is 5.91 Å². The molecule has 0 aliphatic rings. The molecule has 19 heavy (non-hydrogen) atoms. The summed E-state index contributed by atoms with van der Waals surface area (Å²) in [4.78, 5) is 12.1. The lowest BCUT2D eigenvalue weighted by Crippen LogP contribution is -2.44. The minimum absolute atomic E-state index is 0.0939. The van der Waals surface area contributed by atoms with Crippen LogP contribution in [0.3, 0.4) is 0 Å². The summed E-state index contributed by atoms with van der Waals surface area (Å²) in [6.45, 7) is 8.05. The van der Waals surface area contributed by atoms with Crippen molar-refractivity contribution >= 4 is 17.5 Å². The van der Waals surface area contributed by atoms with Gasteiger partial charge in [0.1, 0.15) is 5.75 Å². The van der Waals surface area contributed by atoms with E-state index in [0.29, 0.717) is 23.1 Å². The third-order valence-electron chi connectivity index (χ3n) is 3.14. The van der Waals surface area contributed by atoms with Gasteiger partial charge in [-0.15, -0.1) is 0 Å². The van der Waals surface area contributed by atoms with Gasteiger partial charge in [0.05, 0.1) is 5.02 Å². The van der Waals surface area contributed by atoms with Gasteiger partial charge in [-0.05, 0) is 31.4 Å². The van der Waals surface area contributed by atoms with Crippen LogP contribution in [-0.2, 0) is 4.79 Å². The van der Waals surface area contributed by atoms with E-state index < -0.39 is 6.10 Å². The summed E-state index contributed by atoms with van der Waals surface area (Å²) in [7, 11) is 0. The Labute approximate surface area is 120 Å². The molecule has 0 saturated heterocycles. The van der Waals surface area contributed by atoms with Crippen LogP contribution in [0.15, 0.2) is 24.3 Å². The first-order chi connectivity index (χ1) is 8.95. The number of nitrogens with one attached hydrogen (secondary N) is 1. The molecule has 1 amide bonds. The van der Waals surface area contributed by atoms with Crippen molar-refractivity contribution in [1.29, 1.82) is 0 Å². The Hall–Kier alpha value is -1.22. The Bertz CT molecular complexity index is 420. The van der Waals surface area contributed by atoms with E-state index in [1.165, 1.54) is 0 Å². The quantitative estimate of drug-likeness (QED) is 0.865. The van der Waals surface area contributed by atoms with Crippen molar-refractivity contribution in [2.24, 2.45) is 5.92 Å². The standard InChI is InChI=1S/C15H22ClNO2/c1-5-13(15(18)17-11(4)10(2)3)19-14-9-7-6-8-12(14)16/h6-11,13H,5H2,1-4H3,(H,17,18). The van der Waals surface area contributed by atoms with Crippen molar-refractivity contribution in [3.63, 3.8) is 0 Å². The summed E-state index contributed by atoms with van der Waals surface area (Å²) < 4.78 is 5.69. The number of hydrogen-bond acceptors (Lipinski definition) is 2. The molecule has 2 unspecified atom stereocenters. The Morgan fingerprint density at radius 3 is 2.47 bits per heavy atom. The van der Waals surface area contributed by atoms with Gasteiger partial charge in [-0.25, -0.2) is 0 Å². The molecule has 0 aliphatic heterocycles. The van der Waals surface area contributed by atoms with E-state index in [1.54, 1.807) is 12.1 Å². The van der Waals surface area contributed by atoms with Crippen molar-refractivity contribution in [2.75, 3.05) is 0 Å². The monoisotopic (exact) mass is 283 g/mol. The molecule has 0 spiro atoms. The molecular weight excluding hydrogens is 262 g/mol. The Morgan fingerprint density at radius 2 is 1.95 bits per heavy atom. The first-order valence-corrected chi connectivity index (χ1v) is 7.05. The lowest BCUT2D eigenvalue weighted by atomic mass is 10.1. The molecule has 0 bridgehead atoms. The number of carbonyl (C=O) groups is 1. The van der Waals surface area contributed by atoms with Crippen LogP contribution in [0.5, 0.6) is 5.75 Å². The smallest absolute Gasteiger partial charge is 0.261 e. The zero-order valence-electron chi connectivity index (χ0n) is 11.9. The molecule has 2 atom stereocenters. The maximum atomic E-state index is 12.1.